The van der Waals surface area contributed by atoms with Gasteiger partial charge in [0.15, 0.2) is 11.6 Å². The average molecular weight is 375 g/mol. The Morgan fingerprint density at radius 3 is 2.70 bits per heavy atom. The van der Waals surface area contributed by atoms with E-state index < -0.39 is 35.4 Å². The molecule has 7 heteroatoms. The standard InChI is InChI=1S/C20H22FNO5/c1-27-16-8-14(21)15(23)7-13(16)19(24)22-18-11-5-10(4-9-2-3-9)12(6-11)17(18)20(25)26/h4,7-9,11-12,17-18,23H,2-3,5-6H2,1H3,(H,22,24)(H,25,26)/t11-,12-,17-,18+/m0/s1. The molecule has 3 N–H and O–H groups in total. The number of carbonyl (C=O) groups is 2. The van der Waals surface area contributed by atoms with Crippen LogP contribution in [-0.2, 0) is 4.79 Å². The molecule has 0 aromatic heterocycles. The van der Waals surface area contributed by atoms with Gasteiger partial charge in [-0.3, -0.25) is 9.59 Å². The van der Waals surface area contributed by atoms with Gasteiger partial charge < -0.3 is 20.3 Å². The number of nitrogens with one attached hydrogen (secondary N) is 1. The van der Waals surface area contributed by atoms with E-state index in [1.807, 2.05) is 0 Å². The number of methoxy groups -OCH3 is 1. The number of aliphatic carboxylic acids is 1. The largest absolute Gasteiger partial charge is 0.505 e. The zero-order chi connectivity index (χ0) is 19.3. The minimum absolute atomic E-state index is 0.00727. The van der Waals surface area contributed by atoms with Gasteiger partial charge >= 0.3 is 5.97 Å². The summed E-state index contributed by atoms with van der Waals surface area (Å²) in [6, 6.07) is 1.45. The van der Waals surface area contributed by atoms with E-state index in [1.165, 1.54) is 25.5 Å². The van der Waals surface area contributed by atoms with E-state index in [2.05, 4.69) is 11.4 Å². The van der Waals surface area contributed by atoms with Crippen LogP contribution in [0, 0.1) is 29.5 Å². The van der Waals surface area contributed by atoms with Crippen molar-refractivity contribution in [1.29, 1.82) is 0 Å². The van der Waals surface area contributed by atoms with Crippen LogP contribution in [0.15, 0.2) is 23.8 Å². The van der Waals surface area contributed by atoms with Crippen molar-refractivity contribution in [2.24, 2.45) is 23.7 Å². The second kappa shape index (κ2) is 6.55. The third kappa shape index (κ3) is 3.15. The van der Waals surface area contributed by atoms with Gasteiger partial charge in [-0.1, -0.05) is 11.6 Å². The number of fused-ring (bicyclic) bond motifs is 2. The summed E-state index contributed by atoms with van der Waals surface area (Å²) < 4.78 is 18.5. The highest BCUT2D eigenvalue weighted by Gasteiger charge is 2.54. The molecule has 3 aliphatic carbocycles. The fourth-order valence-electron chi connectivity index (χ4n) is 4.62. The third-order valence-electron chi connectivity index (χ3n) is 6.03. The Hall–Kier alpha value is -2.57. The van der Waals surface area contributed by atoms with Crippen molar-refractivity contribution in [2.75, 3.05) is 7.11 Å². The minimum atomic E-state index is -0.914. The predicted octanol–water partition coefficient (Wildman–Crippen LogP) is 2.72. The number of benzene rings is 1. The van der Waals surface area contributed by atoms with Crippen LogP contribution in [0.1, 0.15) is 36.0 Å². The number of aromatic hydroxyl groups is 1. The lowest BCUT2D eigenvalue weighted by atomic mass is 9.80. The Kier molecular flexibility index (Phi) is 4.32. The smallest absolute Gasteiger partial charge is 0.309 e. The zero-order valence-electron chi connectivity index (χ0n) is 14.9. The molecule has 4 atom stereocenters. The molecule has 3 saturated carbocycles. The number of carbonyl (C=O) groups excluding carboxylic acids is 1. The number of phenols is 1. The van der Waals surface area contributed by atoms with Gasteiger partial charge in [-0.15, -0.1) is 0 Å². The number of hydrogen-bond acceptors (Lipinski definition) is 4. The molecular weight excluding hydrogens is 353 g/mol. The van der Waals surface area contributed by atoms with Crippen LogP contribution in [0.4, 0.5) is 4.39 Å². The normalized spacial score (nSPS) is 30.5. The van der Waals surface area contributed by atoms with Gasteiger partial charge in [-0.2, -0.15) is 0 Å². The van der Waals surface area contributed by atoms with E-state index in [0.29, 0.717) is 5.92 Å². The van der Waals surface area contributed by atoms with Gasteiger partial charge in [0.25, 0.3) is 5.91 Å². The van der Waals surface area contributed by atoms with Crippen molar-refractivity contribution in [3.05, 3.63) is 35.2 Å². The maximum atomic E-state index is 13.5. The summed E-state index contributed by atoms with van der Waals surface area (Å²) in [5.41, 5.74) is 1.20. The maximum absolute atomic E-state index is 13.5. The van der Waals surface area contributed by atoms with Crippen LogP contribution in [0.5, 0.6) is 11.5 Å². The van der Waals surface area contributed by atoms with E-state index in [4.69, 9.17) is 4.74 Å². The molecule has 0 radical (unpaired) electrons. The molecule has 144 valence electrons. The van der Waals surface area contributed by atoms with Gasteiger partial charge in [0.05, 0.1) is 18.6 Å². The first-order chi connectivity index (χ1) is 12.9. The van der Waals surface area contributed by atoms with Crippen LogP contribution in [0.25, 0.3) is 0 Å². The van der Waals surface area contributed by atoms with Crippen molar-refractivity contribution in [1.82, 2.24) is 5.32 Å². The van der Waals surface area contributed by atoms with Crippen molar-refractivity contribution < 1.29 is 28.9 Å². The number of hydrogen-bond donors (Lipinski definition) is 3. The van der Waals surface area contributed by atoms with Crippen LogP contribution >= 0.6 is 0 Å². The quantitative estimate of drug-likeness (QED) is 0.688. The first kappa shape index (κ1) is 17.8. The van der Waals surface area contributed by atoms with Gasteiger partial charge in [-0.05, 0) is 49.5 Å². The summed E-state index contributed by atoms with van der Waals surface area (Å²) in [6.07, 6.45) is 6.15. The number of ether oxygens (including phenoxy) is 1. The van der Waals surface area contributed by atoms with E-state index in [1.54, 1.807) is 0 Å². The molecule has 0 heterocycles. The highest BCUT2D eigenvalue weighted by Crippen LogP contribution is 2.53. The molecule has 4 rings (SSSR count). The number of rotatable bonds is 5. The molecule has 1 amide bonds. The lowest BCUT2D eigenvalue weighted by molar-refractivity contribution is -0.143. The highest BCUT2D eigenvalue weighted by molar-refractivity contribution is 5.98. The SMILES string of the molecule is COc1cc(F)c(O)cc1C(=O)N[C@@H]1[C@H]2CC(=CC3CC3)[C@H](C2)[C@@H]1C(=O)O. The Bertz CT molecular complexity index is 832. The first-order valence-corrected chi connectivity index (χ1v) is 9.19. The molecule has 0 aliphatic heterocycles. The number of amides is 1. The topological polar surface area (TPSA) is 95.9 Å². The zero-order valence-corrected chi connectivity index (χ0v) is 14.9. The summed E-state index contributed by atoms with van der Waals surface area (Å²) in [5, 5.41) is 22.1. The Labute approximate surface area is 156 Å². The number of allylic oxidation sites excluding steroid dienone is 2. The summed E-state index contributed by atoms with van der Waals surface area (Å²) >= 11 is 0. The molecular formula is C20H22FNO5. The number of carboxylic acids is 1. The monoisotopic (exact) mass is 375 g/mol. The molecule has 0 spiro atoms. The minimum Gasteiger partial charge on any atom is -0.505 e. The van der Waals surface area contributed by atoms with E-state index in [-0.39, 0.29) is 23.1 Å². The molecule has 6 nitrogen and oxygen atoms in total. The number of phenolic OH excluding ortho intramolecular Hbond substituents is 1. The fourth-order valence-corrected chi connectivity index (χ4v) is 4.62. The summed E-state index contributed by atoms with van der Waals surface area (Å²) in [7, 11) is 1.30. The molecule has 3 aliphatic rings. The maximum Gasteiger partial charge on any atom is 0.309 e. The van der Waals surface area contributed by atoms with E-state index >= 15 is 0 Å². The van der Waals surface area contributed by atoms with E-state index in [9.17, 15) is 24.2 Å². The summed E-state index contributed by atoms with van der Waals surface area (Å²) in [4.78, 5) is 24.6. The molecule has 0 unspecified atom stereocenters. The fraction of sp³-hybridized carbons (Fsp3) is 0.500. The third-order valence-corrected chi connectivity index (χ3v) is 6.03. The van der Waals surface area contributed by atoms with Crippen molar-refractivity contribution in [3.63, 3.8) is 0 Å². The van der Waals surface area contributed by atoms with Gasteiger partial charge in [0.1, 0.15) is 5.75 Å². The lowest BCUT2D eigenvalue weighted by Crippen LogP contribution is -2.47. The van der Waals surface area contributed by atoms with Crippen LogP contribution in [-0.4, -0.2) is 35.2 Å². The molecule has 3 fully saturated rings. The lowest BCUT2D eigenvalue weighted by Gasteiger charge is -2.31. The Balaban J connectivity index is 1.57. The summed E-state index contributed by atoms with van der Waals surface area (Å²) in [6.45, 7) is 0. The second-order valence-corrected chi connectivity index (χ2v) is 7.75. The second-order valence-electron chi connectivity index (χ2n) is 7.75. The highest BCUT2D eigenvalue weighted by atomic mass is 19.1. The molecule has 1 aromatic carbocycles. The van der Waals surface area contributed by atoms with Crippen molar-refractivity contribution in [2.45, 2.75) is 31.7 Å². The van der Waals surface area contributed by atoms with Gasteiger partial charge in [0, 0.05) is 12.1 Å². The van der Waals surface area contributed by atoms with Gasteiger partial charge in [-0.25, -0.2) is 4.39 Å². The van der Waals surface area contributed by atoms with Crippen LogP contribution < -0.4 is 10.1 Å². The van der Waals surface area contributed by atoms with Crippen molar-refractivity contribution >= 4 is 11.9 Å². The average Bonchev–Trinajstić information content (AvgIpc) is 3.25. The first-order valence-electron chi connectivity index (χ1n) is 9.19. The Morgan fingerprint density at radius 1 is 1.33 bits per heavy atom. The Morgan fingerprint density at radius 2 is 2.07 bits per heavy atom. The molecule has 2 bridgehead atoms. The van der Waals surface area contributed by atoms with Crippen molar-refractivity contribution in [3.8, 4) is 11.5 Å². The van der Waals surface area contributed by atoms with Crippen LogP contribution in [0.2, 0.25) is 0 Å². The molecule has 0 saturated heterocycles. The molecule has 27 heavy (non-hydrogen) atoms. The number of halogens is 1. The summed E-state index contributed by atoms with van der Waals surface area (Å²) in [5.74, 6) is -3.08. The number of carboxylic acid groups (broad SMARTS) is 1. The van der Waals surface area contributed by atoms with Gasteiger partial charge in [0.2, 0.25) is 0 Å². The predicted molar refractivity (Wildman–Crippen MR) is 94.0 cm³/mol. The molecule has 1 aromatic rings. The van der Waals surface area contributed by atoms with Crippen LogP contribution in [0.3, 0.4) is 0 Å². The van der Waals surface area contributed by atoms with E-state index in [0.717, 1.165) is 25.0 Å².